The molecule has 9 nitrogen and oxygen atoms in total. The number of phenols is 1. The molecule has 9 heteroatoms. The zero-order valence-electron chi connectivity index (χ0n) is 17.7. The van der Waals surface area contributed by atoms with Gasteiger partial charge in [0.05, 0.1) is 44.5 Å². The Morgan fingerprint density at radius 2 is 1.72 bits per heavy atom. The van der Waals surface area contributed by atoms with Crippen molar-refractivity contribution in [1.82, 2.24) is 0 Å². The maximum Gasteiger partial charge on any atom is 0.355 e. The van der Waals surface area contributed by atoms with Crippen molar-refractivity contribution in [2.45, 2.75) is 5.92 Å². The van der Waals surface area contributed by atoms with Crippen LogP contribution < -0.4 is 15.4 Å². The van der Waals surface area contributed by atoms with Gasteiger partial charge in [-0.1, -0.05) is 24.3 Å². The smallest absolute Gasteiger partial charge is 0.355 e. The fourth-order valence-electron chi connectivity index (χ4n) is 3.59. The van der Waals surface area contributed by atoms with Crippen LogP contribution in [-0.2, 0) is 19.1 Å². The van der Waals surface area contributed by atoms with Gasteiger partial charge in [-0.25, -0.2) is 9.59 Å². The van der Waals surface area contributed by atoms with Crippen molar-refractivity contribution in [2.75, 3.05) is 26.2 Å². The topological polar surface area (TPSA) is 135 Å². The van der Waals surface area contributed by atoms with Crippen molar-refractivity contribution in [3.63, 3.8) is 0 Å². The Hall–Kier alpha value is -4.45. The molecule has 0 saturated heterocycles. The van der Waals surface area contributed by atoms with E-state index in [1.54, 1.807) is 30.3 Å². The van der Waals surface area contributed by atoms with Gasteiger partial charge in [-0.15, -0.1) is 0 Å². The lowest BCUT2D eigenvalue weighted by Gasteiger charge is -2.35. The van der Waals surface area contributed by atoms with Crippen molar-refractivity contribution in [2.24, 2.45) is 5.73 Å². The van der Waals surface area contributed by atoms with Gasteiger partial charge < -0.3 is 25.1 Å². The summed E-state index contributed by atoms with van der Waals surface area (Å²) in [5.74, 6) is -2.83. The summed E-state index contributed by atoms with van der Waals surface area (Å²) in [6.45, 7) is 0. The van der Waals surface area contributed by atoms with Crippen LogP contribution in [-0.4, -0.2) is 38.4 Å². The molecule has 3 rings (SSSR count). The number of nitrogens with two attached hydrogens (primary N) is 1. The van der Waals surface area contributed by atoms with Crippen molar-refractivity contribution in [3.8, 4) is 17.6 Å². The van der Waals surface area contributed by atoms with Crippen molar-refractivity contribution in [3.05, 3.63) is 76.8 Å². The van der Waals surface area contributed by atoms with Gasteiger partial charge in [0, 0.05) is 5.69 Å². The number of carbonyl (C=O) groups is 2. The van der Waals surface area contributed by atoms with E-state index >= 15 is 0 Å². The van der Waals surface area contributed by atoms with E-state index in [1.807, 2.05) is 0 Å². The molecule has 1 heterocycles. The summed E-state index contributed by atoms with van der Waals surface area (Å²) in [6, 6.07) is 14.9. The highest BCUT2D eigenvalue weighted by atomic mass is 16.5. The first-order chi connectivity index (χ1) is 15.4. The first-order valence-electron chi connectivity index (χ1n) is 9.42. The van der Waals surface area contributed by atoms with Crippen LogP contribution in [0.1, 0.15) is 11.5 Å². The number of para-hydroxylation sites is 1. The Kier molecular flexibility index (Phi) is 6.35. The van der Waals surface area contributed by atoms with Gasteiger partial charge in [0.2, 0.25) is 0 Å². The number of aromatic hydroxyl groups is 1. The first-order valence-corrected chi connectivity index (χ1v) is 9.42. The van der Waals surface area contributed by atoms with Gasteiger partial charge in [0.1, 0.15) is 11.5 Å². The molecular formula is C23H21N3O6. The van der Waals surface area contributed by atoms with Crippen molar-refractivity contribution in [1.29, 1.82) is 5.26 Å². The summed E-state index contributed by atoms with van der Waals surface area (Å²) in [6.07, 6.45) is 0. The van der Waals surface area contributed by atoms with Crippen molar-refractivity contribution < 1.29 is 28.9 Å². The van der Waals surface area contributed by atoms with Gasteiger partial charge in [0.15, 0.2) is 11.5 Å². The van der Waals surface area contributed by atoms with Gasteiger partial charge in [-0.3, -0.25) is 4.90 Å². The second-order valence-corrected chi connectivity index (χ2v) is 6.69. The van der Waals surface area contributed by atoms with Crippen LogP contribution in [0.15, 0.2) is 71.2 Å². The number of methoxy groups -OCH3 is 3. The minimum Gasteiger partial charge on any atom is -0.504 e. The zero-order chi connectivity index (χ0) is 23.4. The number of nitriles is 1. The van der Waals surface area contributed by atoms with Crippen molar-refractivity contribution >= 4 is 17.6 Å². The standard InChI is InChI=1S/C23H21N3O6/c1-30-17-11-13(9-10-16(17)27)18-15(12-24)21(25)26(14-7-5-4-6-8-14)20(23(29)32-3)19(18)22(28)31-2/h4-11,18,27H,25H2,1-3H3/t18-/m0/s1. The third-order valence-corrected chi connectivity index (χ3v) is 5.03. The van der Waals surface area contributed by atoms with Crippen LogP contribution in [0.5, 0.6) is 11.5 Å². The largest absolute Gasteiger partial charge is 0.504 e. The number of hydrogen-bond donors (Lipinski definition) is 2. The van der Waals surface area contributed by atoms with Gasteiger partial charge in [0.25, 0.3) is 0 Å². The molecule has 0 fully saturated rings. The monoisotopic (exact) mass is 435 g/mol. The Labute approximate surface area is 184 Å². The number of allylic oxidation sites excluding steroid dienone is 1. The Bertz CT molecular complexity index is 1160. The number of phenolic OH excluding ortho intramolecular Hbond substituents is 1. The number of esters is 2. The SMILES string of the molecule is COC(=O)C1=C(C(=O)OC)N(c2ccccc2)C(N)=C(C#N)[C@@H]1c1ccc(O)c(OC)c1. The Morgan fingerprint density at radius 1 is 1.06 bits per heavy atom. The Morgan fingerprint density at radius 3 is 2.28 bits per heavy atom. The van der Waals surface area contributed by atoms with Gasteiger partial charge in [-0.05, 0) is 29.8 Å². The molecule has 0 saturated carbocycles. The van der Waals surface area contributed by atoms with E-state index in [1.165, 1.54) is 44.4 Å². The third kappa shape index (κ3) is 3.70. The quantitative estimate of drug-likeness (QED) is 0.678. The minimum atomic E-state index is -1.07. The summed E-state index contributed by atoms with van der Waals surface area (Å²) in [5.41, 5.74) is 6.91. The molecule has 32 heavy (non-hydrogen) atoms. The third-order valence-electron chi connectivity index (χ3n) is 5.03. The first kappa shape index (κ1) is 22.2. The molecule has 3 N–H and O–H groups in total. The summed E-state index contributed by atoms with van der Waals surface area (Å²) in [5, 5.41) is 20.0. The van der Waals surface area contributed by atoms with Crippen LogP contribution in [0.25, 0.3) is 0 Å². The highest BCUT2D eigenvalue weighted by molar-refractivity contribution is 6.06. The second-order valence-electron chi connectivity index (χ2n) is 6.69. The number of hydrogen-bond acceptors (Lipinski definition) is 9. The zero-order valence-corrected chi connectivity index (χ0v) is 17.7. The lowest BCUT2D eigenvalue weighted by Crippen LogP contribution is -2.40. The normalized spacial score (nSPS) is 15.8. The summed E-state index contributed by atoms with van der Waals surface area (Å²) >= 11 is 0. The molecule has 1 atom stereocenters. The molecule has 0 spiro atoms. The van der Waals surface area contributed by atoms with Crippen LogP contribution in [0.2, 0.25) is 0 Å². The fourth-order valence-corrected chi connectivity index (χ4v) is 3.59. The molecule has 0 aliphatic carbocycles. The van der Waals surface area contributed by atoms with Crippen LogP contribution in [0.4, 0.5) is 5.69 Å². The van der Waals surface area contributed by atoms with E-state index in [2.05, 4.69) is 6.07 Å². The van der Waals surface area contributed by atoms with E-state index in [0.29, 0.717) is 11.3 Å². The second kappa shape index (κ2) is 9.14. The maximum absolute atomic E-state index is 13.0. The van der Waals surface area contributed by atoms with E-state index in [0.717, 1.165) is 0 Å². The number of nitrogens with zero attached hydrogens (tertiary/aromatic N) is 2. The number of ether oxygens (including phenoxy) is 3. The summed E-state index contributed by atoms with van der Waals surface area (Å²) < 4.78 is 15.1. The predicted molar refractivity (Wildman–Crippen MR) is 114 cm³/mol. The minimum absolute atomic E-state index is 0.00893. The highest BCUT2D eigenvalue weighted by Gasteiger charge is 2.43. The lowest BCUT2D eigenvalue weighted by atomic mass is 9.80. The number of benzene rings is 2. The maximum atomic E-state index is 13.0. The molecule has 0 bridgehead atoms. The van der Waals surface area contributed by atoms with E-state index in [4.69, 9.17) is 19.9 Å². The van der Waals surface area contributed by atoms with Gasteiger partial charge >= 0.3 is 11.9 Å². The molecule has 0 unspecified atom stereocenters. The molecule has 2 aromatic carbocycles. The van der Waals surface area contributed by atoms with E-state index in [9.17, 15) is 20.0 Å². The van der Waals surface area contributed by atoms with Crippen LogP contribution in [0.3, 0.4) is 0 Å². The van der Waals surface area contributed by atoms with Crippen LogP contribution >= 0.6 is 0 Å². The molecular weight excluding hydrogens is 414 g/mol. The Balaban J connectivity index is 2.41. The number of carbonyl (C=O) groups excluding carboxylic acids is 2. The van der Waals surface area contributed by atoms with Crippen LogP contribution in [0, 0.1) is 11.3 Å². The molecule has 0 radical (unpaired) electrons. The molecule has 2 aromatic rings. The number of anilines is 1. The lowest BCUT2D eigenvalue weighted by molar-refractivity contribution is -0.139. The fraction of sp³-hybridized carbons (Fsp3) is 0.174. The van der Waals surface area contributed by atoms with Gasteiger partial charge in [-0.2, -0.15) is 5.26 Å². The molecule has 0 aromatic heterocycles. The van der Waals surface area contributed by atoms with E-state index in [-0.39, 0.29) is 34.2 Å². The summed E-state index contributed by atoms with van der Waals surface area (Å²) in [4.78, 5) is 27.2. The van der Waals surface area contributed by atoms with E-state index < -0.39 is 17.9 Å². The average Bonchev–Trinajstić information content (AvgIpc) is 2.83. The average molecular weight is 435 g/mol. The summed E-state index contributed by atoms with van der Waals surface area (Å²) in [7, 11) is 3.70. The highest BCUT2D eigenvalue weighted by Crippen LogP contribution is 2.44. The predicted octanol–water partition coefficient (Wildman–Crippen LogP) is 2.30. The molecule has 1 aliphatic heterocycles. The molecule has 0 amide bonds. The molecule has 1 aliphatic rings. The number of rotatable bonds is 5. The molecule has 164 valence electrons.